The lowest BCUT2D eigenvalue weighted by Crippen LogP contribution is -2.00. The number of hydrogen-bond donors (Lipinski definition) is 2. The van der Waals surface area contributed by atoms with Crippen LogP contribution in [0.1, 0.15) is 10.5 Å². The number of anilines is 1. The number of carbonyl (C=O) groups is 1. The van der Waals surface area contributed by atoms with Crippen LogP contribution in [-0.4, -0.2) is 16.1 Å². The van der Waals surface area contributed by atoms with Crippen molar-refractivity contribution in [3.05, 3.63) is 24.1 Å². The monoisotopic (exact) mass is 210 g/mol. The number of nitrogen functional groups attached to an aromatic ring is 1. The lowest BCUT2D eigenvalue weighted by molar-refractivity contribution is 0.0692. The number of furan rings is 1. The van der Waals surface area contributed by atoms with Crippen LogP contribution < -0.4 is 5.73 Å². The summed E-state index contributed by atoms with van der Waals surface area (Å²) < 4.78 is 5.07. The highest BCUT2D eigenvalue weighted by Gasteiger charge is 2.16. The number of aromatic carboxylic acids is 1. The molecule has 2 aromatic rings. The van der Waals surface area contributed by atoms with E-state index in [1.807, 2.05) is 0 Å². The summed E-state index contributed by atoms with van der Waals surface area (Å²) in [6, 6.07) is 3.40. The molecule has 0 bridgehead atoms. The summed E-state index contributed by atoms with van der Waals surface area (Å²) in [5.41, 5.74) is 5.36. The summed E-state index contributed by atoms with van der Waals surface area (Å²) in [4.78, 5) is 14.5. The fourth-order valence-electron chi connectivity index (χ4n) is 0.991. The molecule has 0 unspecified atom stereocenters. The van der Waals surface area contributed by atoms with Crippen LogP contribution in [0.2, 0.25) is 0 Å². The summed E-state index contributed by atoms with van der Waals surface area (Å²) in [6.45, 7) is 0. The molecule has 0 aromatic carbocycles. The number of thiazole rings is 1. The second-order valence-corrected chi connectivity index (χ2v) is 3.54. The van der Waals surface area contributed by atoms with Gasteiger partial charge in [-0.15, -0.1) is 0 Å². The number of nitrogens with two attached hydrogens (primary N) is 1. The molecule has 0 aliphatic heterocycles. The largest absolute Gasteiger partial charge is 0.476 e. The Morgan fingerprint density at radius 3 is 2.93 bits per heavy atom. The maximum absolute atomic E-state index is 10.6. The van der Waals surface area contributed by atoms with Gasteiger partial charge in [0.1, 0.15) is 5.00 Å². The number of carboxylic acids is 1. The molecule has 3 N–H and O–H groups in total. The second kappa shape index (κ2) is 3.15. The van der Waals surface area contributed by atoms with Crippen molar-refractivity contribution in [2.45, 2.75) is 0 Å². The molecule has 0 spiro atoms. The molecule has 72 valence electrons. The standard InChI is InChI=1S/C8H6N2O3S/c9-6-5(8(11)12)10-7(14-6)4-2-1-3-13-4/h1-3H,9H2,(H,11,12). The van der Waals surface area contributed by atoms with Crippen molar-refractivity contribution >= 4 is 22.3 Å². The molecule has 0 amide bonds. The molecule has 0 saturated heterocycles. The Hall–Kier alpha value is -1.82. The van der Waals surface area contributed by atoms with Crippen molar-refractivity contribution < 1.29 is 14.3 Å². The van der Waals surface area contributed by atoms with Crippen molar-refractivity contribution in [1.82, 2.24) is 4.98 Å². The molecule has 2 rings (SSSR count). The average Bonchev–Trinajstić information content (AvgIpc) is 2.70. The lowest BCUT2D eigenvalue weighted by Gasteiger charge is -1.86. The molecule has 0 aliphatic rings. The first-order valence-corrected chi connectivity index (χ1v) is 4.53. The van der Waals surface area contributed by atoms with Gasteiger partial charge in [0, 0.05) is 0 Å². The normalized spacial score (nSPS) is 10.3. The van der Waals surface area contributed by atoms with Gasteiger partial charge >= 0.3 is 5.97 Å². The topological polar surface area (TPSA) is 89.4 Å². The third-order valence-electron chi connectivity index (χ3n) is 1.59. The van der Waals surface area contributed by atoms with E-state index in [2.05, 4.69) is 4.98 Å². The second-order valence-electron chi connectivity index (χ2n) is 2.51. The zero-order chi connectivity index (χ0) is 10.1. The van der Waals surface area contributed by atoms with E-state index in [0.29, 0.717) is 10.8 Å². The van der Waals surface area contributed by atoms with E-state index in [0.717, 1.165) is 11.3 Å². The fourth-order valence-corrected chi connectivity index (χ4v) is 1.78. The summed E-state index contributed by atoms with van der Waals surface area (Å²) >= 11 is 1.09. The van der Waals surface area contributed by atoms with Gasteiger partial charge in [-0.25, -0.2) is 9.78 Å². The van der Waals surface area contributed by atoms with Gasteiger partial charge in [-0.05, 0) is 12.1 Å². The number of hydrogen-bond acceptors (Lipinski definition) is 5. The molecule has 0 radical (unpaired) electrons. The highest BCUT2D eigenvalue weighted by atomic mass is 32.1. The third-order valence-corrected chi connectivity index (χ3v) is 2.49. The average molecular weight is 210 g/mol. The number of aromatic nitrogens is 1. The van der Waals surface area contributed by atoms with Crippen LogP contribution in [0.3, 0.4) is 0 Å². The Kier molecular flexibility index (Phi) is 1.97. The summed E-state index contributed by atoms with van der Waals surface area (Å²) in [5, 5.41) is 9.37. The maximum Gasteiger partial charge on any atom is 0.357 e. The zero-order valence-corrected chi connectivity index (χ0v) is 7.75. The molecule has 0 aliphatic carbocycles. The maximum atomic E-state index is 10.6. The van der Waals surface area contributed by atoms with Gasteiger partial charge in [0.25, 0.3) is 0 Å². The van der Waals surface area contributed by atoms with Gasteiger partial charge in [-0.3, -0.25) is 0 Å². The van der Waals surface area contributed by atoms with Gasteiger partial charge in [0.2, 0.25) is 0 Å². The minimum atomic E-state index is -1.13. The SMILES string of the molecule is Nc1sc(-c2ccco2)nc1C(=O)O. The van der Waals surface area contributed by atoms with Crippen LogP contribution in [0.15, 0.2) is 22.8 Å². The quantitative estimate of drug-likeness (QED) is 0.787. The van der Waals surface area contributed by atoms with Crippen LogP contribution in [0.5, 0.6) is 0 Å². The highest BCUT2D eigenvalue weighted by Crippen LogP contribution is 2.29. The van der Waals surface area contributed by atoms with Crippen LogP contribution in [0, 0.1) is 0 Å². The van der Waals surface area contributed by atoms with Gasteiger partial charge in [-0.2, -0.15) is 0 Å². The molecular formula is C8H6N2O3S. The van der Waals surface area contributed by atoms with Crippen molar-refractivity contribution in [3.8, 4) is 10.8 Å². The first kappa shape index (κ1) is 8.76. The Bertz CT molecular complexity index is 461. The molecule has 0 saturated carbocycles. The van der Waals surface area contributed by atoms with Crippen LogP contribution in [0.4, 0.5) is 5.00 Å². The van der Waals surface area contributed by atoms with E-state index in [1.54, 1.807) is 12.1 Å². The molecular weight excluding hydrogens is 204 g/mol. The van der Waals surface area contributed by atoms with Crippen molar-refractivity contribution in [2.75, 3.05) is 5.73 Å². The van der Waals surface area contributed by atoms with Gasteiger partial charge in [0.05, 0.1) is 6.26 Å². The van der Waals surface area contributed by atoms with E-state index in [1.165, 1.54) is 6.26 Å². The van der Waals surface area contributed by atoms with E-state index in [-0.39, 0.29) is 10.7 Å². The van der Waals surface area contributed by atoms with Gasteiger partial charge < -0.3 is 15.3 Å². The molecule has 2 heterocycles. The number of carboxylic acid groups (broad SMARTS) is 1. The first-order chi connectivity index (χ1) is 6.68. The lowest BCUT2D eigenvalue weighted by atomic mass is 10.4. The van der Waals surface area contributed by atoms with Crippen molar-refractivity contribution in [1.29, 1.82) is 0 Å². The van der Waals surface area contributed by atoms with Crippen LogP contribution >= 0.6 is 11.3 Å². The minimum absolute atomic E-state index is 0.124. The number of rotatable bonds is 2. The summed E-state index contributed by atoms with van der Waals surface area (Å²) in [5.74, 6) is -0.606. The predicted molar refractivity (Wildman–Crippen MR) is 51.2 cm³/mol. The van der Waals surface area contributed by atoms with Gasteiger partial charge in [-0.1, -0.05) is 11.3 Å². The van der Waals surface area contributed by atoms with Crippen molar-refractivity contribution in [2.24, 2.45) is 0 Å². The van der Waals surface area contributed by atoms with Crippen LogP contribution in [0.25, 0.3) is 10.8 Å². The Morgan fingerprint density at radius 1 is 1.64 bits per heavy atom. The number of nitrogens with zero attached hydrogens (tertiary/aromatic N) is 1. The smallest absolute Gasteiger partial charge is 0.357 e. The fraction of sp³-hybridized carbons (Fsp3) is 0. The van der Waals surface area contributed by atoms with Crippen LogP contribution in [-0.2, 0) is 0 Å². The summed E-state index contributed by atoms with van der Waals surface area (Å²) in [6.07, 6.45) is 1.49. The Balaban J connectivity index is 2.48. The third kappa shape index (κ3) is 1.35. The van der Waals surface area contributed by atoms with E-state index in [9.17, 15) is 4.79 Å². The molecule has 5 nitrogen and oxygen atoms in total. The first-order valence-electron chi connectivity index (χ1n) is 3.72. The minimum Gasteiger partial charge on any atom is -0.476 e. The Morgan fingerprint density at radius 2 is 2.43 bits per heavy atom. The zero-order valence-electron chi connectivity index (χ0n) is 6.93. The Labute approximate surface area is 82.8 Å². The molecule has 6 heteroatoms. The molecule has 14 heavy (non-hydrogen) atoms. The van der Waals surface area contributed by atoms with Gasteiger partial charge in [0.15, 0.2) is 16.5 Å². The molecule has 0 atom stereocenters. The highest BCUT2D eigenvalue weighted by molar-refractivity contribution is 7.19. The summed E-state index contributed by atoms with van der Waals surface area (Å²) in [7, 11) is 0. The predicted octanol–water partition coefficient (Wildman–Crippen LogP) is 1.68. The van der Waals surface area contributed by atoms with E-state index < -0.39 is 5.97 Å². The van der Waals surface area contributed by atoms with E-state index >= 15 is 0 Å². The molecule has 0 fully saturated rings. The van der Waals surface area contributed by atoms with Crippen molar-refractivity contribution in [3.63, 3.8) is 0 Å². The molecule has 2 aromatic heterocycles. The van der Waals surface area contributed by atoms with E-state index in [4.69, 9.17) is 15.3 Å².